The second-order valence-corrected chi connectivity index (χ2v) is 6.37. The highest BCUT2D eigenvalue weighted by Crippen LogP contribution is 2.31. The predicted molar refractivity (Wildman–Crippen MR) is 84.7 cm³/mol. The van der Waals surface area contributed by atoms with Gasteiger partial charge in [0.15, 0.2) is 5.13 Å². The van der Waals surface area contributed by atoms with Crippen LogP contribution in [-0.4, -0.2) is 23.5 Å². The van der Waals surface area contributed by atoms with Gasteiger partial charge in [0.2, 0.25) is 5.91 Å². The van der Waals surface area contributed by atoms with Crippen molar-refractivity contribution in [2.45, 2.75) is 32.2 Å². The molecule has 1 fully saturated rings. The molecule has 1 heterocycles. The third kappa shape index (κ3) is 3.16. The van der Waals surface area contributed by atoms with E-state index in [1.54, 1.807) is 0 Å². The normalized spacial score (nSPS) is 21.6. The fourth-order valence-electron chi connectivity index (χ4n) is 2.68. The van der Waals surface area contributed by atoms with Gasteiger partial charge in [-0.25, -0.2) is 4.98 Å². The van der Waals surface area contributed by atoms with E-state index in [1.165, 1.54) is 11.3 Å². The van der Waals surface area contributed by atoms with Gasteiger partial charge in [0.25, 0.3) is 0 Å². The number of hydrogen-bond acceptors (Lipinski definition) is 5. The molecule has 5 nitrogen and oxygen atoms in total. The van der Waals surface area contributed by atoms with Crippen molar-refractivity contribution >= 4 is 32.6 Å². The van der Waals surface area contributed by atoms with Crippen LogP contribution < -0.4 is 15.8 Å². The standard InChI is InChI=1S/C15H19N3O2S/c1-2-20-11-5-6-12-13(8-11)21-15(17-12)18-14(19)9-3-4-10(16)7-9/h5-6,8-10H,2-4,7,16H2,1H3,(H,17,18,19). The molecule has 0 spiro atoms. The summed E-state index contributed by atoms with van der Waals surface area (Å²) < 4.78 is 6.49. The molecule has 0 aliphatic heterocycles. The van der Waals surface area contributed by atoms with Crippen LogP contribution in [-0.2, 0) is 4.79 Å². The largest absolute Gasteiger partial charge is 0.494 e. The predicted octanol–water partition coefficient (Wildman–Crippen LogP) is 2.76. The number of nitrogens with zero attached hydrogens (tertiary/aromatic N) is 1. The molecule has 1 aliphatic carbocycles. The molecular weight excluding hydrogens is 286 g/mol. The van der Waals surface area contributed by atoms with Crippen LogP contribution in [0.4, 0.5) is 5.13 Å². The molecular formula is C15H19N3O2S. The van der Waals surface area contributed by atoms with Crippen molar-refractivity contribution in [3.05, 3.63) is 18.2 Å². The fourth-order valence-corrected chi connectivity index (χ4v) is 3.57. The van der Waals surface area contributed by atoms with E-state index in [2.05, 4.69) is 10.3 Å². The minimum Gasteiger partial charge on any atom is -0.494 e. The van der Waals surface area contributed by atoms with E-state index in [-0.39, 0.29) is 17.9 Å². The minimum absolute atomic E-state index is 0.0194. The van der Waals surface area contributed by atoms with E-state index in [4.69, 9.17) is 10.5 Å². The van der Waals surface area contributed by atoms with E-state index in [0.29, 0.717) is 11.7 Å². The van der Waals surface area contributed by atoms with Gasteiger partial charge in [0.1, 0.15) is 5.75 Å². The van der Waals surface area contributed by atoms with Crippen LogP contribution in [0.25, 0.3) is 10.2 Å². The Kier molecular flexibility index (Phi) is 4.07. The molecule has 1 saturated carbocycles. The first kappa shape index (κ1) is 14.3. The Hall–Kier alpha value is -1.66. The molecule has 1 aromatic carbocycles. The summed E-state index contributed by atoms with van der Waals surface area (Å²) >= 11 is 1.47. The van der Waals surface area contributed by atoms with Crippen molar-refractivity contribution in [1.29, 1.82) is 0 Å². The van der Waals surface area contributed by atoms with Gasteiger partial charge in [-0.3, -0.25) is 4.79 Å². The Labute approximate surface area is 127 Å². The van der Waals surface area contributed by atoms with Crippen LogP contribution in [0.3, 0.4) is 0 Å². The summed E-state index contributed by atoms with van der Waals surface area (Å²) in [7, 11) is 0. The number of fused-ring (bicyclic) bond motifs is 1. The average Bonchev–Trinajstić information content (AvgIpc) is 3.04. The van der Waals surface area contributed by atoms with Crippen LogP contribution in [0.15, 0.2) is 18.2 Å². The number of ether oxygens (including phenoxy) is 1. The quantitative estimate of drug-likeness (QED) is 0.910. The number of amides is 1. The highest BCUT2D eigenvalue weighted by Gasteiger charge is 2.28. The molecule has 2 unspecified atom stereocenters. The van der Waals surface area contributed by atoms with Crippen molar-refractivity contribution in [3.8, 4) is 5.75 Å². The highest BCUT2D eigenvalue weighted by molar-refractivity contribution is 7.22. The summed E-state index contributed by atoms with van der Waals surface area (Å²) in [5.41, 5.74) is 6.73. The number of nitrogens with two attached hydrogens (primary N) is 1. The van der Waals surface area contributed by atoms with Crippen LogP contribution in [0.2, 0.25) is 0 Å². The lowest BCUT2D eigenvalue weighted by atomic mass is 10.1. The number of anilines is 1. The van der Waals surface area contributed by atoms with Crippen molar-refractivity contribution in [3.63, 3.8) is 0 Å². The van der Waals surface area contributed by atoms with Gasteiger partial charge in [0.05, 0.1) is 16.8 Å². The Morgan fingerprint density at radius 3 is 3.10 bits per heavy atom. The number of nitrogens with one attached hydrogen (secondary N) is 1. The fraction of sp³-hybridized carbons (Fsp3) is 0.467. The summed E-state index contributed by atoms with van der Waals surface area (Å²) in [6.07, 6.45) is 2.56. The highest BCUT2D eigenvalue weighted by atomic mass is 32.1. The Bertz CT molecular complexity index is 655. The van der Waals surface area contributed by atoms with Crippen molar-refractivity contribution < 1.29 is 9.53 Å². The molecule has 1 aliphatic rings. The summed E-state index contributed by atoms with van der Waals surface area (Å²) in [6.45, 7) is 2.59. The number of carbonyl (C=O) groups excluding carboxylic acids is 1. The number of rotatable bonds is 4. The third-order valence-corrected chi connectivity index (χ3v) is 4.68. The topological polar surface area (TPSA) is 77.2 Å². The van der Waals surface area contributed by atoms with Gasteiger partial charge in [-0.05, 0) is 44.4 Å². The first-order chi connectivity index (χ1) is 10.2. The van der Waals surface area contributed by atoms with E-state index in [1.807, 2.05) is 25.1 Å². The van der Waals surface area contributed by atoms with Crippen molar-refractivity contribution in [2.24, 2.45) is 11.7 Å². The van der Waals surface area contributed by atoms with Gasteiger partial charge >= 0.3 is 0 Å². The van der Waals surface area contributed by atoms with E-state index in [0.717, 1.165) is 35.2 Å². The zero-order chi connectivity index (χ0) is 14.8. The summed E-state index contributed by atoms with van der Waals surface area (Å²) in [6, 6.07) is 5.92. The molecule has 112 valence electrons. The number of thiazole rings is 1. The maximum absolute atomic E-state index is 12.2. The lowest BCUT2D eigenvalue weighted by Gasteiger charge is -2.07. The number of carbonyl (C=O) groups is 1. The van der Waals surface area contributed by atoms with Gasteiger partial charge in [-0.2, -0.15) is 0 Å². The third-order valence-electron chi connectivity index (χ3n) is 3.75. The number of benzene rings is 1. The first-order valence-corrected chi connectivity index (χ1v) is 8.07. The minimum atomic E-state index is 0.0194. The molecule has 6 heteroatoms. The second-order valence-electron chi connectivity index (χ2n) is 5.34. The van der Waals surface area contributed by atoms with E-state index >= 15 is 0 Å². The molecule has 21 heavy (non-hydrogen) atoms. The van der Waals surface area contributed by atoms with Crippen LogP contribution in [0.5, 0.6) is 5.75 Å². The zero-order valence-corrected chi connectivity index (χ0v) is 12.8. The lowest BCUT2D eigenvalue weighted by molar-refractivity contribution is -0.119. The second kappa shape index (κ2) is 5.99. The van der Waals surface area contributed by atoms with Crippen molar-refractivity contribution in [1.82, 2.24) is 4.98 Å². The van der Waals surface area contributed by atoms with E-state index < -0.39 is 0 Å². The molecule has 2 atom stereocenters. The molecule has 1 amide bonds. The lowest BCUT2D eigenvalue weighted by Crippen LogP contribution is -2.23. The number of aromatic nitrogens is 1. The van der Waals surface area contributed by atoms with Gasteiger partial charge in [-0.1, -0.05) is 11.3 Å². The van der Waals surface area contributed by atoms with Crippen LogP contribution >= 0.6 is 11.3 Å². The smallest absolute Gasteiger partial charge is 0.229 e. The molecule has 2 aromatic rings. The Morgan fingerprint density at radius 2 is 2.38 bits per heavy atom. The van der Waals surface area contributed by atoms with Crippen LogP contribution in [0.1, 0.15) is 26.2 Å². The van der Waals surface area contributed by atoms with E-state index in [9.17, 15) is 4.79 Å². The molecule has 3 N–H and O–H groups in total. The molecule has 0 saturated heterocycles. The van der Waals surface area contributed by atoms with Gasteiger partial charge in [0, 0.05) is 12.0 Å². The maximum Gasteiger partial charge on any atom is 0.229 e. The van der Waals surface area contributed by atoms with Crippen LogP contribution in [0, 0.1) is 5.92 Å². The molecule has 0 bridgehead atoms. The monoisotopic (exact) mass is 305 g/mol. The van der Waals surface area contributed by atoms with Crippen molar-refractivity contribution in [2.75, 3.05) is 11.9 Å². The molecule has 0 radical (unpaired) electrons. The zero-order valence-electron chi connectivity index (χ0n) is 12.0. The first-order valence-electron chi connectivity index (χ1n) is 7.25. The summed E-state index contributed by atoms with van der Waals surface area (Å²) in [5, 5.41) is 3.56. The Balaban J connectivity index is 1.73. The average molecular weight is 305 g/mol. The number of hydrogen-bond donors (Lipinski definition) is 2. The maximum atomic E-state index is 12.2. The Morgan fingerprint density at radius 1 is 1.52 bits per heavy atom. The van der Waals surface area contributed by atoms with Gasteiger partial charge < -0.3 is 15.8 Å². The molecule has 1 aromatic heterocycles. The summed E-state index contributed by atoms with van der Waals surface area (Å²) in [5.74, 6) is 0.881. The molecule has 3 rings (SSSR count). The SMILES string of the molecule is CCOc1ccc2nc(NC(=O)C3CCC(N)C3)sc2c1. The van der Waals surface area contributed by atoms with Gasteiger partial charge in [-0.15, -0.1) is 0 Å². The summed E-state index contributed by atoms with van der Waals surface area (Å²) in [4.78, 5) is 16.6.